The molecule has 0 aliphatic rings. The summed E-state index contributed by atoms with van der Waals surface area (Å²) < 4.78 is 0. The summed E-state index contributed by atoms with van der Waals surface area (Å²) in [6.07, 6.45) is 0.699. The minimum Gasteiger partial charge on any atom is -0.298 e. The summed E-state index contributed by atoms with van der Waals surface area (Å²) >= 11 is 5.84. The van der Waals surface area contributed by atoms with E-state index in [0.29, 0.717) is 11.8 Å². The molecule has 2 nitrogen and oxygen atoms in total. The second-order valence-electron chi connectivity index (χ2n) is 3.06. The molecule has 0 spiro atoms. The lowest BCUT2D eigenvalue weighted by molar-refractivity contribution is 0.112. The maximum atomic E-state index is 10.6. The molecular formula is C12H8ClNO. The number of hydrogen-bond acceptors (Lipinski definition) is 2. The zero-order chi connectivity index (χ0) is 10.7. The first-order valence-corrected chi connectivity index (χ1v) is 4.86. The van der Waals surface area contributed by atoms with E-state index in [1.54, 1.807) is 12.1 Å². The predicted molar refractivity (Wildman–Crippen MR) is 60.1 cm³/mol. The van der Waals surface area contributed by atoms with Gasteiger partial charge in [0.2, 0.25) is 0 Å². The quantitative estimate of drug-likeness (QED) is 0.571. The number of nitrogens with zero attached hydrogens (tertiary/aromatic N) is 1. The van der Waals surface area contributed by atoms with Crippen molar-refractivity contribution in [2.45, 2.75) is 0 Å². The molecule has 0 N–H and O–H groups in total. The molecule has 1 aromatic carbocycles. The van der Waals surface area contributed by atoms with E-state index in [9.17, 15) is 4.79 Å². The number of rotatable bonds is 2. The molecule has 0 saturated heterocycles. The minimum absolute atomic E-state index is 0.242. The van der Waals surface area contributed by atoms with E-state index in [0.717, 1.165) is 11.3 Å². The molecule has 15 heavy (non-hydrogen) atoms. The largest absolute Gasteiger partial charge is 0.298 e. The van der Waals surface area contributed by atoms with Gasteiger partial charge in [-0.2, -0.15) is 0 Å². The number of carbonyl (C=O) groups excluding carboxylic acids is 1. The first-order valence-electron chi connectivity index (χ1n) is 4.48. The van der Waals surface area contributed by atoms with Crippen LogP contribution in [0.25, 0.3) is 11.3 Å². The van der Waals surface area contributed by atoms with Gasteiger partial charge >= 0.3 is 0 Å². The van der Waals surface area contributed by atoms with E-state index >= 15 is 0 Å². The van der Waals surface area contributed by atoms with Gasteiger partial charge < -0.3 is 0 Å². The van der Waals surface area contributed by atoms with Gasteiger partial charge in [0.15, 0.2) is 6.29 Å². The third-order valence-electron chi connectivity index (χ3n) is 2.07. The summed E-state index contributed by atoms with van der Waals surface area (Å²) in [5.74, 6) is 0. The van der Waals surface area contributed by atoms with Crippen molar-refractivity contribution in [1.29, 1.82) is 0 Å². The van der Waals surface area contributed by atoms with Gasteiger partial charge in [0.1, 0.15) is 5.15 Å². The van der Waals surface area contributed by atoms with Crippen molar-refractivity contribution in [3.63, 3.8) is 0 Å². The Morgan fingerprint density at radius 2 is 1.80 bits per heavy atom. The van der Waals surface area contributed by atoms with Crippen molar-refractivity contribution in [2.24, 2.45) is 0 Å². The highest BCUT2D eigenvalue weighted by atomic mass is 35.5. The monoisotopic (exact) mass is 217 g/mol. The molecule has 0 atom stereocenters. The van der Waals surface area contributed by atoms with Gasteiger partial charge in [-0.05, 0) is 12.1 Å². The summed E-state index contributed by atoms with van der Waals surface area (Å²) in [6.45, 7) is 0. The maximum Gasteiger partial charge on any atom is 0.153 e. The summed E-state index contributed by atoms with van der Waals surface area (Å²) in [7, 11) is 0. The highest BCUT2D eigenvalue weighted by Gasteiger charge is 2.03. The third-order valence-corrected chi connectivity index (χ3v) is 2.38. The van der Waals surface area contributed by atoms with Crippen molar-refractivity contribution < 1.29 is 4.79 Å². The van der Waals surface area contributed by atoms with Gasteiger partial charge in [-0.3, -0.25) is 4.79 Å². The van der Waals surface area contributed by atoms with Crippen LogP contribution in [0.5, 0.6) is 0 Å². The van der Waals surface area contributed by atoms with Crippen LogP contribution >= 0.6 is 11.6 Å². The Morgan fingerprint density at radius 1 is 1.07 bits per heavy atom. The lowest BCUT2D eigenvalue weighted by Gasteiger charge is -2.01. The summed E-state index contributed by atoms with van der Waals surface area (Å²) in [6, 6.07) is 13.1. The molecular weight excluding hydrogens is 210 g/mol. The predicted octanol–water partition coefficient (Wildman–Crippen LogP) is 3.21. The molecule has 1 aromatic heterocycles. The Kier molecular flexibility index (Phi) is 2.79. The van der Waals surface area contributed by atoms with Crippen LogP contribution in [0.3, 0.4) is 0 Å². The number of aromatic nitrogens is 1. The van der Waals surface area contributed by atoms with E-state index in [-0.39, 0.29) is 5.15 Å². The van der Waals surface area contributed by atoms with Gasteiger partial charge in [-0.15, -0.1) is 0 Å². The molecule has 0 bridgehead atoms. The lowest BCUT2D eigenvalue weighted by Crippen LogP contribution is -1.89. The second-order valence-corrected chi connectivity index (χ2v) is 3.42. The zero-order valence-corrected chi connectivity index (χ0v) is 8.61. The molecule has 2 rings (SSSR count). The average Bonchev–Trinajstić information content (AvgIpc) is 2.30. The first kappa shape index (κ1) is 9.87. The average molecular weight is 218 g/mol. The van der Waals surface area contributed by atoms with Gasteiger partial charge in [-0.25, -0.2) is 4.98 Å². The summed E-state index contributed by atoms with van der Waals surface area (Å²) in [5.41, 5.74) is 2.17. The van der Waals surface area contributed by atoms with Crippen molar-refractivity contribution in [3.05, 3.63) is 53.2 Å². The van der Waals surface area contributed by atoms with Crippen LogP contribution in [0.15, 0.2) is 42.5 Å². The minimum atomic E-state index is 0.242. The lowest BCUT2D eigenvalue weighted by atomic mass is 10.1. The number of aldehydes is 1. The maximum absolute atomic E-state index is 10.6. The van der Waals surface area contributed by atoms with E-state index in [2.05, 4.69) is 4.98 Å². The van der Waals surface area contributed by atoms with Crippen LogP contribution in [0.4, 0.5) is 0 Å². The highest BCUT2D eigenvalue weighted by Crippen LogP contribution is 2.20. The molecule has 0 saturated carbocycles. The van der Waals surface area contributed by atoms with Crippen LogP contribution < -0.4 is 0 Å². The number of hydrogen-bond donors (Lipinski definition) is 0. The van der Waals surface area contributed by atoms with E-state index < -0.39 is 0 Å². The fourth-order valence-electron chi connectivity index (χ4n) is 1.30. The van der Waals surface area contributed by atoms with E-state index in [1.807, 2.05) is 30.3 Å². The highest BCUT2D eigenvalue weighted by molar-refractivity contribution is 6.31. The van der Waals surface area contributed by atoms with Gasteiger partial charge in [0.05, 0.1) is 11.3 Å². The Balaban J connectivity index is 2.47. The van der Waals surface area contributed by atoms with E-state index in [4.69, 9.17) is 11.6 Å². The van der Waals surface area contributed by atoms with Crippen LogP contribution in [-0.4, -0.2) is 11.3 Å². The molecule has 0 fully saturated rings. The van der Waals surface area contributed by atoms with Crippen molar-refractivity contribution >= 4 is 17.9 Å². The number of benzene rings is 1. The van der Waals surface area contributed by atoms with Crippen LogP contribution in [0.2, 0.25) is 5.15 Å². The van der Waals surface area contributed by atoms with Crippen molar-refractivity contribution in [1.82, 2.24) is 4.98 Å². The number of halogens is 1. The first-order chi connectivity index (χ1) is 7.31. The third kappa shape index (κ3) is 2.05. The SMILES string of the molecule is O=Cc1ccc(-c2ccccc2)nc1Cl. The van der Waals surface area contributed by atoms with Crippen LogP contribution in [0.1, 0.15) is 10.4 Å². The Bertz CT molecular complexity index is 482. The molecule has 0 amide bonds. The van der Waals surface area contributed by atoms with Gasteiger partial charge in [0, 0.05) is 5.56 Å². The number of carbonyl (C=O) groups is 1. The van der Waals surface area contributed by atoms with Crippen LogP contribution in [-0.2, 0) is 0 Å². The zero-order valence-electron chi connectivity index (χ0n) is 7.85. The smallest absolute Gasteiger partial charge is 0.153 e. The molecule has 0 aliphatic heterocycles. The molecule has 1 heterocycles. The summed E-state index contributed by atoms with van der Waals surface area (Å²) in [4.78, 5) is 14.7. The fraction of sp³-hybridized carbons (Fsp3) is 0. The topological polar surface area (TPSA) is 30.0 Å². The molecule has 3 heteroatoms. The Hall–Kier alpha value is -1.67. The normalized spacial score (nSPS) is 9.93. The van der Waals surface area contributed by atoms with Gasteiger partial charge in [0.25, 0.3) is 0 Å². The molecule has 0 unspecified atom stereocenters. The fourth-order valence-corrected chi connectivity index (χ4v) is 1.50. The molecule has 0 radical (unpaired) electrons. The summed E-state index contributed by atoms with van der Waals surface area (Å²) in [5, 5.41) is 0.242. The molecule has 2 aromatic rings. The Morgan fingerprint density at radius 3 is 2.40 bits per heavy atom. The van der Waals surface area contributed by atoms with Crippen LogP contribution in [0, 0.1) is 0 Å². The standard InChI is InChI=1S/C12H8ClNO/c13-12-10(8-15)6-7-11(14-12)9-4-2-1-3-5-9/h1-8H. The molecule has 74 valence electrons. The second kappa shape index (κ2) is 4.24. The molecule has 0 aliphatic carbocycles. The van der Waals surface area contributed by atoms with E-state index in [1.165, 1.54) is 0 Å². The Labute approximate surface area is 92.5 Å². The number of pyridine rings is 1. The van der Waals surface area contributed by atoms with Gasteiger partial charge in [-0.1, -0.05) is 41.9 Å². The van der Waals surface area contributed by atoms with Crippen molar-refractivity contribution in [3.8, 4) is 11.3 Å². The van der Waals surface area contributed by atoms with Crippen molar-refractivity contribution in [2.75, 3.05) is 0 Å².